The van der Waals surface area contributed by atoms with Crippen LogP contribution in [0.3, 0.4) is 0 Å². The van der Waals surface area contributed by atoms with Crippen LogP contribution in [-0.4, -0.2) is 44.3 Å². The first kappa shape index (κ1) is 24.3. The van der Waals surface area contributed by atoms with Crippen LogP contribution in [0.1, 0.15) is 58.6 Å². The lowest BCUT2D eigenvalue weighted by Gasteiger charge is -2.19. The number of esters is 1. The third-order valence-electron chi connectivity index (χ3n) is 4.67. The number of unbranched alkanes of at least 4 members (excludes halogenated alkanes) is 1. The molecule has 9 nitrogen and oxygen atoms in total. The molecule has 33 heavy (non-hydrogen) atoms. The van der Waals surface area contributed by atoms with Gasteiger partial charge in [-0.3, -0.25) is 9.36 Å². The monoisotopic (exact) mass is 455 g/mol. The molecule has 0 aliphatic rings. The largest absolute Gasteiger partial charge is 0.465 e. The molecule has 0 saturated heterocycles. The van der Waals surface area contributed by atoms with Crippen LogP contribution in [0.25, 0.3) is 11.2 Å². The maximum atomic E-state index is 12.3. The van der Waals surface area contributed by atoms with Crippen LogP contribution in [0.15, 0.2) is 24.3 Å². The molecule has 0 amide bonds. The summed E-state index contributed by atoms with van der Waals surface area (Å²) in [5.41, 5.74) is 8.45. The van der Waals surface area contributed by atoms with Crippen molar-refractivity contribution in [3.8, 4) is 12.0 Å². The highest BCUT2D eigenvalue weighted by molar-refractivity contribution is 5.83. The van der Waals surface area contributed by atoms with Crippen LogP contribution in [0.2, 0.25) is 0 Å². The standard InChI is InChI=1S/C24H33N5O4/c1-6-8-12-32-22-27-20(25)19-21(28-22)29(23(26-19)31-7-2)15-17-11-9-10-16(13-17)14-18(30)33-24(3,4)5/h9-11,13H,6-8,12,14-15H2,1-5H3,(H2,25,27,28). The van der Waals surface area contributed by atoms with E-state index in [0.29, 0.717) is 36.9 Å². The Labute approximate surface area is 194 Å². The molecule has 3 aromatic rings. The third kappa shape index (κ3) is 6.57. The van der Waals surface area contributed by atoms with Crippen molar-refractivity contribution in [2.75, 3.05) is 18.9 Å². The van der Waals surface area contributed by atoms with E-state index in [4.69, 9.17) is 19.9 Å². The Balaban J connectivity index is 1.91. The maximum absolute atomic E-state index is 12.3. The summed E-state index contributed by atoms with van der Waals surface area (Å²) in [6.07, 6.45) is 2.09. The van der Waals surface area contributed by atoms with E-state index in [-0.39, 0.29) is 24.2 Å². The number of carbonyl (C=O) groups excluding carboxylic acids is 1. The number of anilines is 1. The van der Waals surface area contributed by atoms with Crippen LogP contribution >= 0.6 is 0 Å². The average molecular weight is 456 g/mol. The summed E-state index contributed by atoms with van der Waals surface area (Å²) in [4.78, 5) is 25.5. The number of nitrogens with zero attached hydrogens (tertiary/aromatic N) is 4. The molecule has 3 rings (SSSR count). The number of hydrogen-bond donors (Lipinski definition) is 1. The second-order valence-electron chi connectivity index (χ2n) is 8.76. The van der Waals surface area contributed by atoms with Crippen molar-refractivity contribution in [3.63, 3.8) is 0 Å². The van der Waals surface area contributed by atoms with Crippen LogP contribution < -0.4 is 15.2 Å². The molecule has 2 heterocycles. The van der Waals surface area contributed by atoms with E-state index < -0.39 is 5.60 Å². The predicted octanol–water partition coefficient (Wildman–Crippen LogP) is 3.92. The van der Waals surface area contributed by atoms with Gasteiger partial charge in [-0.25, -0.2) is 0 Å². The summed E-state index contributed by atoms with van der Waals surface area (Å²) in [7, 11) is 0. The highest BCUT2D eigenvalue weighted by Crippen LogP contribution is 2.27. The minimum absolute atomic E-state index is 0.193. The average Bonchev–Trinajstić information content (AvgIpc) is 3.05. The number of carbonyl (C=O) groups is 1. The summed E-state index contributed by atoms with van der Waals surface area (Å²) in [6.45, 7) is 10.9. The Kier molecular flexibility index (Phi) is 7.73. The van der Waals surface area contributed by atoms with Gasteiger partial charge in [0.2, 0.25) is 0 Å². The zero-order chi connectivity index (χ0) is 24.0. The molecular weight excluding hydrogens is 422 g/mol. The molecular formula is C24H33N5O4. The van der Waals surface area contributed by atoms with Crippen LogP contribution in [0, 0.1) is 0 Å². The molecule has 0 aliphatic carbocycles. The number of benzene rings is 1. The van der Waals surface area contributed by atoms with Gasteiger partial charge in [0.25, 0.3) is 6.01 Å². The van der Waals surface area contributed by atoms with E-state index in [0.717, 1.165) is 24.0 Å². The van der Waals surface area contributed by atoms with Gasteiger partial charge in [-0.05, 0) is 45.2 Å². The minimum Gasteiger partial charge on any atom is -0.465 e. The van der Waals surface area contributed by atoms with Crippen molar-refractivity contribution < 1.29 is 19.0 Å². The van der Waals surface area contributed by atoms with Crippen molar-refractivity contribution in [3.05, 3.63) is 35.4 Å². The SMILES string of the molecule is CCCCOc1nc(N)c2nc(OCC)n(Cc3cccc(CC(=O)OC(C)(C)C)c3)c2n1. The molecule has 178 valence electrons. The number of imidazole rings is 1. The number of fused-ring (bicyclic) bond motifs is 1. The Bertz CT molecular complexity index is 1100. The maximum Gasteiger partial charge on any atom is 0.320 e. The molecule has 0 bridgehead atoms. The Morgan fingerprint density at radius 3 is 2.55 bits per heavy atom. The van der Waals surface area contributed by atoms with Crippen molar-refractivity contribution in [1.82, 2.24) is 19.5 Å². The van der Waals surface area contributed by atoms with Gasteiger partial charge >= 0.3 is 12.0 Å². The van der Waals surface area contributed by atoms with Gasteiger partial charge in [-0.15, -0.1) is 0 Å². The van der Waals surface area contributed by atoms with Gasteiger partial charge in [-0.1, -0.05) is 37.6 Å². The Hall–Kier alpha value is -3.36. The zero-order valence-corrected chi connectivity index (χ0v) is 20.1. The quantitative estimate of drug-likeness (QED) is 0.361. The molecule has 0 unspecified atom stereocenters. The molecule has 0 fully saturated rings. The van der Waals surface area contributed by atoms with E-state index >= 15 is 0 Å². The molecule has 0 spiro atoms. The van der Waals surface area contributed by atoms with Gasteiger partial charge in [0.05, 0.1) is 26.2 Å². The second-order valence-corrected chi connectivity index (χ2v) is 8.76. The van der Waals surface area contributed by atoms with E-state index in [9.17, 15) is 4.79 Å². The van der Waals surface area contributed by atoms with E-state index in [1.165, 1.54) is 0 Å². The lowest BCUT2D eigenvalue weighted by molar-refractivity contribution is -0.153. The number of ether oxygens (including phenoxy) is 3. The fourth-order valence-corrected chi connectivity index (χ4v) is 3.30. The molecule has 2 N–H and O–H groups in total. The fraction of sp³-hybridized carbons (Fsp3) is 0.500. The first-order valence-electron chi connectivity index (χ1n) is 11.3. The van der Waals surface area contributed by atoms with E-state index in [1.807, 2.05) is 56.5 Å². The van der Waals surface area contributed by atoms with E-state index in [2.05, 4.69) is 21.9 Å². The number of nitrogens with two attached hydrogens (primary N) is 1. The van der Waals surface area contributed by atoms with Gasteiger partial charge in [-0.2, -0.15) is 15.0 Å². The lowest BCUT2D eigenvalue weighted by atomic mass is 10.1. The van der Waals surface area contributed by atoms with Gasteiger partial charge in [0.15, 0.2) is 17.0 Å². The topological polar surface area (TPSA) is 114 Å². The fourth-order valence-electron chi connectivity index (χ4n) is 3.30. The summed E-state index contributed by atoms with van der Waals surface area (Å²) < 4.78 is 18.7. The van der Waals surface area contributed by atoms with Crippen molar-refractivity contribution in [2.24, 2.45) is 0 Å². The van der Waals surface area contributed by atoms with Crippen molar-refractivity contribution in [2.45, 2.75) is 66.0 Å². The van der Waals surface area contributed by atoms with Gasteiger partial charge in [0, 0.05) is 0 Å². The highest BCUT2D eigenvalue weighted by atomic mass is 16.6. The predicted molar refractivity (Wildman–Crippen MR) is 126 cm³/mol. The van der Waals surface area contributed by atoms with Crippen molar-refractivity contribution in [1.29, 1.82) is 0 Å². The zero-order valence-electron chi connectivity index (χ0n) is 20.1. The number of aromatic nitrogens is 4. The summed E-state index contributed by atoms with van der Waals surface area (Å²) in [5, 5.41) is 0. The number of hydrogen-bond acceptors (Lipinski definition) is 8. The van der Waals surface area contributed by atoms with Gasteiger partial charge in [0.1, 0.15) is 5.60 Å². The molecule has 1 aromatic carbocycles. The lowest BCUT2D eigenvalue weighted by Crippen LogP contribution is -2.24. The molecule has 0 saturated carbocycles. The number of rotatable bonds is 10. The van der Waals surface area contributed by atoms with Crippen LogP contribution in [0.4, 0.5) is 5.82 Å². The molecule has 0 atom stereocenters. The smallest absolute Gasteiger partial charge is 0.320 e. The Morgan fingerprint density at radius 2 is 1.85 bits per heavy atom. The number of nitrogen functional groups attached to an aromatic ring is 1. The molecule has 2 aromatic heterocycles. The minimum atomic E-state index is -0.520. The normalized spacial score (nSPS) is 11.5. The third-order valence-corrected chi connectivity index (χ3v) is 4.67. The van der Waals surface area contributed by atoms with Crippen LogP contribution in [-0.2, 0) is 22.5 Å². The first-order chi connectivity index (χ1) is 15.7. The summed E-state index contributed by atoms with van der Waals surface area (Å²) in [6, 6.07) is 8.38. The van der Waals surface area contributed by atoms with Crippen molar-refractivity contribution >= 4 is 23.0 Å². The highest BCUT2D eigenvalue weighted by Gasteiger charge is 2.20. The second kappa shape index (κ2) is 10.5. The molecule has 0 aliphatic heterocycles. The van der Waals surface area contributed by atoms with E-state index in [1.54, 1.807) is 0 Å². The summed E-state index contributed by atoms with van der Waals surface area (Å²) in [5.74, 6) is -0.0259. The molecule has 9 heteroatoms. The Morgan fingerprint density at radius 1 is 1.09 bits per heavy atom. The summed E-state index contributed by atoms with van der Waals surface area (Å²) >= 11 is 0. The van der Waals surface area contributed by atoms with Gasteiger partial charge < -0.3 is 19.9 Å². The van der Waals surface area contributed by atoms with Crippen LogP contribution in [0.5, 0.6) is 12.0 Å². The molecule has 0 radical (unpaired) electrons. The first-order valence-corrected chi connectivity index (χ1v) is 11.3.